The lowest BCUT2D eigenvalue weighted by molar-refractivity contribution is 0.0490. The van der Waals surface area contributed by atoms with E-state index in [1.165, 1.54) is 19.2 Å². The predicted molar refractivity (Wildman–Crippen MR) is 102 cm³/mol. The number of ether oxygens (including phenoxy) is 2. The van der Waals surface area contributed by atoms with Crippen molar-refractivity contribution in [2.45, 2.75) is 26.4 Å². The molecule has 0 spiro atoms. The zero-order chi connectivity index (χ0) is 21.8. The van der Waals surface area contributed by atoms with Crippen molar-refractivity contribution >= 4 is 28.7 Å². The Balaban J connectivity index is 2.66. The highest BCUT2D eigenvalue weighted by Gasteiger charge is 2.25. The lowest BCUT2D eigenvalue weighted by Gasteiger charge is -2.20. The Bertz CT molecular complexity index is 1130. The third-order valence-corrected chi connectivity index (χ3v) is 3.63. The Kier molecular flexibility index (Phi) is 5.91. The van der Waals surface area contributed by atoms with E-state index in [0.717, 1.165) is 4.57 Å². The molecule has 2 rings (SSSR count). The van der Waals surface area contributed by atoms with E-state index in [1.54, 1.807) is 51.1 Å². The van der Waals surface area contributed by atoms with E-state index in [1.807, 2.05) is 0 Å². The fourth-order valence-electron chi connectivity index (χ4n) is 2.47. The van der Waals surface area contributed by atoms with Gasteiger partial charge in [0.25, 0.3) is 0 Å². The summed E-state index contributed by atoms with van der Waals surface area (Å²) in [6.07, 6.45) is -0.782. The summed E-state index contributed by atoms with van der Waals surface area (Å²) in [5.74, 6) is -0.726. The van der Waals surface area contributed by atoms with Crippen molar-refractivity contribution in [3.63, 3.8) is 0 Å². The van der Waals surface area contributed by atoms with Crippen molar-refractivity contribution in [1.82, 2.24) is 4.57 Å². The molecule has 146 valence electrons. The Morgan fingerprint density at radius 2 is 1.72 bits per heavy atom. The topological polar surface area (TPSA) is 141 Å². The first-order valence-corrected chi connectivity index (χ1v) is 8.34. The number of rotatable bonds is 3. The van der Waals surface area contributed by atoms with Crippen LogP contribution < -0.4 is 5.32 Å². The van der Waals surface area contributed by atoms with Crippen molar-refractivity contribution in [3.8, 4) is 18.2 Å². The van der Waals surface area contributed by atoms with Crippen LogP contribution >= 0.6 is 0 Å². The standard InChI is InChI=1S/C20H17N5O4/c1-20(2,3)29-19(27)25-16-8-14(24-15(11-23)13(9-21)10-22)6-5-12(16)7-17(25)18(26)28-4/h5-8,24H,1-4H3. The van der Waals surface area contributed by atoms with Gasteiger partial charge in [-0.3, -0.25) is 0 Å². The molecule has 1 aromatic heterocycles. The molecule has 29 heavy (non-hydrogen) atoms. The summed E-state index contributed by atoms with van der Waals surface area (Å²) in [5, 5.41) is 30.3. The first-order chi connectivity index (χ1) is 13.6. The third-order valence-electron chi connectivity index (χ3n) is 3.63. The highest BCUT2D eigenvalue weighted by Crippen LogP contribution is 2.26. The molecule has 0 aliphatic rings. The molecule has 0 saturated carbocycles. The lowest BCUT2D eigenvalue weighted by atomic mass is 10.2. The van der Waals surface area contributed by atoms with Crippen LogP contribution in [0.4, 0.5) is 10.5 Å². The molecular weight excluding hydrogens is 374 g/mol. The zero-order valence-corrected chi connectivity index (χ0v) is 16.2. The molecule has 1 heterocycles. The van der Waals surface area contributed by atoms with Crippen molar-refractivity contribution in [2.75, 3.05) is 12.4 Å². The Hall–Kier alpha value is -4.29. The highest BCUT2D eigenvalue weighted by molar-refractivity contribution is 6.02. The van der Waals surface area contributed by atoms with Crippen LogP contribution in [0, 0.1) is 34.0 Å². The van der Waals surface area contributed by atoms with E-state index in [-0.39, 0.29) is 17.0 Å². The Labute approximate surface area is 166 Å². The molecule has 1 N–H and O–H groups in total. The Morgan fingerprint density at radius 1 is 1.07 bits per heavy atom. The third kappa shape index (κ3) is 4.52. The van der Waals surface area contributed by atoms with Gasteiger partial charge in [-0.1, -0.05) is 6.07 Å². The minimum absolute atomic E-state index is 0.0281. The van der Waals surface area contributed by atoms with Gasteiger partial charge >= 0.3 is 12.1 Å². The number of benzene rings is 1. The summed E-state index contributed by atoms with van der Waals surface area (Å²) in [6.45, 7) is 5.07. The van der Waals surface area contributed by atoms with Gasteiger partial charge in [-0.2, -0.15) is 15.8 Å². The molecular formula is C20H17N5O4. The number of hydrogen-bond donors (Lipinski definition) is 1. The molecule has 2 aromatic rings. The van der Waals surface area contributed by atoms with Crippen LogP contribution in [0.3, 0.4) is 0 Å². The number of esters is 1. The lowest BCUT2D eigenvalue weighted by Crippen LogP contribution is -2.29. The fraction of sp³-hybridized carbons (Fsp3) is 0.250. The number of aromatic nitrogens is 1. The van der Waals surface area contributed by atoms with Gasteiger partial charge in [0.15, 0.2) is 5.57 Å². The second-order valence-electron chi connectivity index (χ2n) is 6.82. The maximum absolute atomic E-state index is 12.7. The molecule has 0 saturated heterocycles. The number of nitriles is 3. The largest absolute Gasteiger partial charge is 0.464 e. The van der Waals surface area contributed by atoms with Gasteiger partial charge in [0, 0.05) is 11.1 Å². The first-order valence-electron chi connectivity index (χ1n) is 8.34. The highest BCUT2D eigenvalue weighted by atomic mass is 16.6. The number of hydrogen-bond acceptors (Lipinski definition) is 8. The molecule has 0 bridgehead atoms. The van der Waals surface area contributed by atoms with E-state index in [9.17, 15) is 14.9 Å². The normalized spacial score (nSPS) is 10.2. The summed E-state index contributed by atoms with van der Waals surface area (Å²) in [6, 6.07) is 11.2. The number of allylic oxidation sites excluding steroid dienone is 2. The summed E-state index contributed by atoms with van der Waals surface area (Å²) < 4.78 is 11.2. The van der Waals surface area contributed by atoms with Gasteiger partial charge in [0.05, 0.1) is 12.6 Å². The molecule has 9 nitrogen and oxygen atoms in total. The number of fused-ring (bicyclic) bond motifs is 1. The molecule has 0 unspecified atom stereocenters. The number of nitrogens with zero attached hydrogens (tertiary/aromatic N) is 4. The first kappa shape index (κ1) is 21.0. The average molecular weight is 391 g/mol. The van der Waals surface area contributed by atoms with Crippen LogP contribution in [0.15, 0.2) is 35.5 Å². The predicted octanol–water partition coefficient (Wildman–Crippen LogP) is 3.45. The molecule has 0 fully saturated rings. The molecule has 1 aromatic carbocycles. The monoisotopic (exact) mass is 391 g/mol. The van der Waals surface area contributed by atoms with Crippen LogP contribution in [0.5, 0.6) is 0 Å². The van der Waals surface area contributed by atoms with E-state index in [2.05, 4.69) is 5.32 Å². The molecule has 0 aliphatic carbocycles. The summed E-state index contributed by atoms with van der Waals surface area (Å²) in [7, 11) is 1.20. The van der Waals surface area contributed by atoms with Gasteiger partial charge in [-0.25, -0.2) is 14.2 Å². The van der Waals surface area contributed by atoms with Gasteiger partial charge in [0.2, 0.25) is 0 Å². The maximum atomic E-state index is 12.7. The van der Waals surface area contributed by atoms with Gasteiger partial charge in [-0.05, 0) is 39.0 Å². The number of nitrogens with one attached hydrogen (secondary N) is 1. The fourth-order valence-corrected chi connectivity index (χ4v) is 2.47. The van der Waals surface area contributed by atoms with Gasteiger partial charge < -0.3 is 14.8 Å². The van der Waals surface area contributed by atoms with E-state index < -0.39 is 17.7 Å². The van der Waals surface area contributed by atoms with E-state index in [0.29, 0.717) is 16.6 Å². The number of methoxy groups -OCH3 is 1. The maximum Gasteiger partial charge on any atom is 0.419 e. The molecule has 0 radical (unpaired) electrons. The summed E-state index contributed by atoms with van der Waals surface area (Å²) >= 11 is 0. The average Bonchev–Trinajstić information content (AvgIpc) is 3.04. The van der Waals surface area contributed by atoms with Crippen molar-refractivity contribution in [2.24, 2.45) is 0 Å². The van der Waals surface area contributed by atoms with Gasteiger partial charge in [0.1, 0.15) is 35.2 Å². The minimum atomic E-state index is -0.803. The molecule has 9 heteroatoms. The second-order valence-corrected chi connectivity index (χ2v) is 6.82. The second kappa shape index (κ2) is 8.16. The van der Waals surface area contributed by atoms with Crippen LogP contribution in [0.1, 0.15) is 31.3 Å². The van der Waals surface area contributed by atoms with Crippen LogP contribution in [0.2, 0.25) is 0 Å². The van der Waals surface area contributed by atoms with E-state index in [4.69, 9.17) is 20.0 Å². The quantitative estimate of drug-likeness (QED) is 0.619. The zero-order valence-electron chi connectivity index (χ0n) is 16.2. The van der Waals surface area contributed by atoms with E-state index >= 15 is 0 Å². The van der Waals surface area contributed by atoms with Crippen LogP contribution in [-0.4, -0.2) is 29.3 Å². The van der Waals surface area contributed by atoms with Crippen molar-refractivity contribution in [1.29, 1.82) is 15.8 Å². The minimum Gasteiger partial charge on any atom is -0.464 e. The summed E-state index contributed by atoms with van der Waals surface area (Å²) in [4.78, 5) is 24.9. The number of anilines is 1. The summed E-state index contributed by atoms with van der Waals surface area (Å²) in [5.41, 5.74) is -0.806. The molecule has 0 aliphatic heterocycles. The van der Waals surface area contributed by atoms with Crippen molar-refractivity contribution in [3.05, 3.63) is 41.2 Å². The molecule has 0 amide bonds. The SMILES string of the molecule is COC(=O)c1cc2ccc(NC(C#N)=C(C#N)C#N)cc2n1C(=O)OC(C)(C)C. The Morgan fingerprint density at radius 3 is 2.24 bits per heavy atom. The smallest absolute Gasteiger partial charge is 0.419 e. The number of carbonyl (C=O) groups is 2. The number of carbonyl (C=O) groups excluding carboxylic acids is 2. The van der Waals surface area contributed by atoms with Gasteiger partial charge in [-0.15, -0.1) is 0 Å². The van der Waals surface area contributed by atoms with Crippen molar-refractivity contribution < 1.29 is 19.1 Å². The van der Waals surface area contributed by atoms with Crippen LogP contribution in [0.25, 0.3) is 10.9 Å². The molecule has 0 atom stereocenters. The van der Waals surface area contributed by atoms with Crippen LogP contribution in [-0.2, 0) is 9.47 Å².